The van der Waals surface area contributed by atoms with Gasteiger partial charge in [-0.2, -0.15) is 0 Å². The third-order valence-corrected chi connectivity index (χ3v) is 1.18. The van der Waals surface area contributed by atoms with Gasteiger partial charge in [-0.05, 0) is 11.4 Å². The maximum Gasteiger partial charge on any atom is 0.126 e. The van der Waals surface area contributed by atoms with Crippen LogP contribution in [0, 0.1) is 0 Å². The fraction of sp³-hybridized carbons (Fsp3) is 0. The van der Waals surface area contributed by atoms with Crippen LogP contribution in [0.3, 0.4) is 0 Å². The first-order valence-corrected chi connectivity index (χ1v) is 2.55. The predicted molar refractivity (Wildman–Crippen MR) is 26.0 cm³/mol. The quantitative estimate of drug-likeness (QED) is 0.654. The monoisotopic (exact) mass is 189 g/mol. The van der Waals surface area contributed by atoms with Crippen LogP contribution in [0.4, 0.5) is 0 Å². The van der Waals surface area contributed by atoms with Gasteiger partial charge < -0.3 is 5.11 Å². The van der Waals surface area contributed by atoms with Crippen LogP contribution in [0.1, 0.15) is 0 Å². The van der Waals surface area contributed by atoms with E-state index < -0.39 is 0 Å². The molecule has 35 valence electrons. The van der Waals surface area contributed by atoms with Crippen molar-refractivity contribution in [3.63, 3.8) is 0 Å². The molecule has 1 heterocycles. The van der Waals surface area contributed by atoms with E-state index in [2.05, 4.69) is 0 Å². The summed E-state index contributed by atoms with van der Waals surface area (Å²) in [4.78, 5) is 0. The van der Waals surface area contributed by atoms with Crippen molar-refractivity contribution in [1.82, 2.24) is 0 Å². The van der Waals surface area contributed by atoms with Gasteiger partial charge in [-0.25, -0.2) is 0 Å². The van der Waals surface area contributed by atoms with Crippen LogP contribution >= 0.6 is 11.3 Å². The van der Waals surface area contributed by atoms with Crippen molar-refractivity contribution in [2.45, 2.75) is 0 Å². The maximum atomic E-state index is 8.48. The second kappa shape index (κ2) is 3.59. The summed E-state index contributed by atoms with van der Waals surface area (Å²) in [5.74, 6) is 0.361. The van der Waals surface area contributed by atoms with Gasteiger partial charge in [-0.15, -0.1) is 11.3 Å². The molecule has 1 nitrogen and oxygen atoms in total. The summed E-state index contributed by atoms with van der Waals surface area (Å²) in [6.45, 7) is 0. The van der Waals surface area contributed by atoms with E-state index in [-0.39, 0.29) is 32.7 Å². The van der Waals surface area contributed by atoms with Crippen molar-refractivity contribution in [2.24, 2.45) is 0 Å². The van der Waals surface area contributed by atoms with Crippen LogP contribution in [-0.4, -0.2) is 5.11 Å². The minimum Gasteiger partial charge on any atom is -0.507 e. The van der Waals surface area contributed by atoms with E-state index in [0.29, 0.717) is 5.75 Å². The average molecular weight is 189 g/mol. The molecule has 0 saturated heterocycles. The van der Waals surface area contributed by atoms with Crippen LogP contribution < -0.4 is 0 Å². The van der Waals surface area contributed by atoms with Gasteiger partial charge in [0.25, 0.3) is 0 Å². The summed E-state index contributed by atoms with van der Waals surface area (Å²) < 4.78 is 0. The van der Waals surface area contributed by atoms with Crippen molar-refractivity contribution in [2.75, 3.05) is 0 Å². The summed E-state index contributed by atoms with van der Waals surface area (Å²) in [6, 6.07) is 1.66. The minimum absolute atomic E-state index is 0. The molecule has 0 bridgehead atoms. The fourth-order valence-corrected chi connectivity index (χ4v) is 0.772. The van der Waals surface area contributed by atoms with Gasteiger partial charge in [-0.1, -0.05) is 0 Å². The summed E-state index contributed by atoms with van der Waals surface area (Å²) in [5, 5.41) is 12.0. The number of hydrogen-bond donors (Lipinski definition) is 1. The van der Waals surface area contributed by atoms with Gasteiger partial charge >= 0.3 is 0 Å². The molecule has 3 heteroatoms. The van der Waals surface area contributed by atoms with Gasteiger partial charge in [-0.3, -0.25) is 0 Å². The second-order valence-corrected chi connectivity index (χ2v) is 1.76. The Balaban J connectivity index is 0.000000360. The van der Waals surface area contributed by atoms with Gasteiger partial charge in [0, 0.05) is 38.1 Å². The number of thiophene rings is 1. The SMILES string of the molecule is Oc1ccsc1.[Y]. The van der Waals surface area contributed by atoms with E-state index in [1.54, 1.807) is 11.4 Å². The van der Waals surface area contributed by atoms with Crippen molar-refractivity contribution in [3.05, 3.63) is 16.8 Å². The fourth-order valence-electron chi connectivity index (χ4n) is 0.257. The summed E-state index contributed by atoms with van der Waals surface area (Å²) >= 11 is 1.49. The summed E-state index contributed by atoms with van der Waals surface area (Å²) in [5.41, 5.74) is 0. The van der Waals surface area contributed by atoms with Crippen molar-refractivity contribution in [1.29, 1.82) is 0 Å². The second-order valence-electron chi connectivity index (χ2n) is 0.982. The van der Waals surface area contributed by atoms with E-state index >= 15 is 0 Å². The number of hydrogen-bond acceptors (Lipinski definition) is 2. The molecular formula is C4H4OSY. The Kier molecular flexibility index (Phi) is 3.90. The Morgan fingerprint density at radius 1 is 1.57 bits per heavy atom. The Bertz CT molecular complexity index is 115. The molecule has 0 aliphatic heterocycles. The van der Waals surface area contributed by atoms with Crippen molar-refractivity contribution >= 4 is 11.3 Å². The van der Waals surface area contributed by atoms with E-state index in [4.69, 9.17) is 5.11 Å². The number of aromatic hydroxyl groups is 1. The normalized spacial score (nSPS) is 7.43. The van der Waals surface area contributed by atoms with Gasteiger partial charge in [0.2, 0.25) is 0 Å². The molecule has 0 spiro atoms. The molecule has 0 aliphatic carbocycles. The Morgan fingerprint density at radius 3 is 2.43 bits per heavy atom. The maximum absolute atomic E-state index is 8.48. The largest absolute Gasteiger partial charge is 0.507 e. The van der Waals surface area contributed by atoms with Gasteiger partial charge in [0.05, 0.1) is 0 Å². The molecule has 1 aromatic heterocycles. The first kappa shape index (κ1) is 7.60. The van der Waals surface area contributed by atoms with Crippen LogP contribution in [0.5, 0.6) is 5.75 Å². The average Bonchev–Trinajstić information content (AvgIpc) is 1.86. The molecule has 0 amide bonds. The molecule has 1 rings (SSSR count). The van der Waals surface area contributed by atoms with Gasteiger partial charge in [0.1, 0.15) is 5.75 Å². The number of rotatable bonds is 0. The zero-order valence-electron chi connectivity index (χ0n) is 3.66. The predicted octanol–water partition coefficient (Wildman–Crippen LogP) is 1.45. The van der Waals surface area contributed by atoms with Crippen LogP contribution in [0.15, 0.2) is 16.8 Å². The third kappa shape index (κ3) is 2.42. The minimum atomic E-state index is 0. The first-order valence-electron chi connectivity index (χ1n) is 1.61. The molecule has 0 unspecified atom stereocenters. The molecule has 1 N–H and O–H groups in total. The van der Waals surface area contributed by atoms with E-state index in [1.165, 1.54) is 11.3 Å². The Hall–Kier alpha value is 0.604. The van der Waals surface area contributed by atoms with E-state index in [9.17, 15) is 0 Å². The van der Waals surface area contributed by atoms with E-state index in [0.717, 1.165) is 0 Å². The zero-order valence-corrected chi connectivity index (χ0v) is 7.32. The van der Waals surface area contributed by atoms with Crippen molar-refractivity contribution < 1.29 is 37.8 Å². The summed E-state index contributed by atoms with van der Waals surface area (Å²) in [7, 11) is 0. The van der Waals surface area contributed by atoms with Crippen LogP contribution in [-0.2, 0) is 32.7 Å². The third-order valence-electron chi connectivity index (χ3n) is 0.506. The van der Waals surface area contributed by atoms with Crippen LogP contribution in [0.25, 0.3) is 0 Å². The standard InChI is InChI=1S/C4H4OS.Y/c5-4-1-2-6-3-4;/h1-3,5H;. The molecule has 7 heavy (non-hydrogen) atoms. The smallest absolute Gasteiger partial charge is 0.126 e. The van der Waals surface area contributed by atoms with Crippen LogP contribution in [0.2, 0.25) is 0 Å². The van der Waals surface area contributed by atoms with E-state index in [1.807, 2.05) is 5.38 Å². The molecule has 0 aliphatic rings. The topological polar surface area (TPSA) is 20.2 Å². The molecule has 1 radical (unpaired) electrons. The summed E-state index contributed by atoms with van der Waals surface area (Å²) in [6.07, 6.45) is 0. The van der Waals surface area contributed by atoms with Gasteiger partial charge in [0.15, 0.2) is 0 Å². The molecule has 0 fully saturated rings. The molecule has 0 aromatic carbocycles. The molecule has 0 saturated carbocycles. The Labute approximate surface area is 71.2 Å². The first-order chi connectivity index (χ1) is 2.89. The zero-order chi connectivity index (χ0) is 4.41. The molecule has 1 aromatic rings. The van der Waals surface area contributed by atoms with Crippen molar-refractivity contribution in [3.8, 4) is 5.75 Å². The molecular weight excluding hydrogens is 185 g/mol. The Morgan fingerprint density at radius 2 is 2.29 bits per heavy atom. The molecule has 0 atom stereocenters.